The number of hydrogen-bond donors (Lipinski definition) is 2. The molecule has 0 radical (unpaired) electrons. The van der Waals surface area contributed by atoms with Crippen LogP contribution >= 0.6 is 23.2 Å². The van der Waals surface area contributed by atoms with E-state index in [-0.39, 0.29) is 6.04 Å². The van der Waals surface area contributed by atoms with Crippen molar-refractivity contribution in [2.45, 2.75) is 6.04 Å². The van der Waals surface area contributed by atoms with Crippen LogP contribution in [0, 0.1) is 0 Å². The number of ether oxygens (including phenoxy) is 1. The minimum Gasteiger partial charge on any atom is -0.379 e. The lowest BCUT2D eigenvalue weighted by molar-refractivity contribution is 0.00406. The predicted molar refractivity (Wildman–Crippen MR) is 73.8 cm³/mol. The van der Waals surface area contributed by atoms with Gasteiger partial charge in [0.1, 0.15) is 0 Å². The molecule has 1 aromatic carbocycles. The van der Waals surface area contributed by atoms with Gasteiger partial charge in [0.05, 0.1) is 19.3 Å². The van der Waals surface area contributed by atoms with E-state index < -0.39 is 0 Å². The molecule has 100 valence electrons. The molecule has 1 aromatic rings. The fourth-order valence-corrected chi connectivity index (χ4v) is 2.37. The maximum Gasteiger partial charge on any atom is 0.0608 e. The summed E-state index contributed by atoms with van der Waals surface area (Å²) in [5, 5.41) is 3.45. The lowest BCUT2D eigenvalue weighted by Crippen LogP contribution is -2.48. The number of benzene rings is 1. The number of nitrogens with one attached hydrogen (secondary N) is 1. The van der Waals surface area contributed by atoms with Crippen LogP contribution < -0.4 is 11.2 Å². The second-order valence-electron chi connectivity index (χ2n) is 4.18. The highest BCUT2D eigenvalue weighted by Gasteiger charge is 2.18. The van der Waals surface area contributed by atoms with Gasteiger partial charge in [0.15, 0.2) is 0 Å². The summed E-state index contributed by atoms with van der Waals surface area (Å²) in [7, 11) is 0. The minimum atomic E-state index is -0.0331. The van der Waals surface area contributed by atoms with Gasteiger partial charge in [0, 0.05) is 29.7 Å². The van der Waals surface area contributed by atoms with Crippen LogP contribution in [0.15, 0.2) is 18.2 Å². The summed E-state index contributed by atoms with van der Waals surface area (Å²) in [5.41, 5.74) is 10.1. The number of nitrogens with zero attached hydrogens (tertiary/aromatic N) is 1. The average molecular weight is 290 g/mol. The van der Waals surface area contributed by atoms with E-state index in [4.69, 9.17) is 33.7 Å². The van der Waals surface area contributed by atoms with Crippen LogP contribution in [-0.2, 0) is 4.74 Å². The molecule has 1 fully saturated rings. The highest BCUT2D eigenvalue weighted by molar-refractivity contribution is 6.33. The monoisotopic (exact) mass is 289 g/mol. The first-order chi connectivity index (χ1) is 8.70. The van der Waals surface area contributed by atoms with Crippen LogP contribution in [0.25, 0.3) is 0 Å². The van der Waals surface area contributed by atoms with Crippen LogP contribution in [0.3, 0.4) is 0 Å². The van der Waals surface area contributed by atoms with Crippen molar-refractivity contribution < 1.29 is 4.74 Å². The van der Waals surface area contributed by atoms with Crippen molar-refractivity contribution in [2.24, 2.45) is 5.73 Å². The summed E-state index contributed by atoms with van der Waals surface area (Å²) < 4.78 is 5.30. The average Bonchev–Trinajstić information content (AvgIpc) is 2.40. The zero-order valence-corrected chi connectivity index (χ0v) is 11.5. The van der Waals surface area contributed by atoms with Gasteiger partial charge in [-0.2, -0.15) is 0 Å². The number of rotatable bonds is 4. The smallest absolute Gasteiger partial charge is 0.0608 e. The molecule has 6 heteroatoms. The molecule has 1 aliphatic rings. The molecule has 1 atom stereocenters. The standard InChI is InChI=1S/C12H17Cl2N3O/c13-9-1-2-11(14)10(7-9)12(8-15)16-17-3-5-18-6-4-17/h1-2,7,12,16H,3-6,8,15H2. The third-order valence-corrected chi connectivity index (χ3v) is 3.50. The van der Waals surface area contributed by atoms with E-state index in [2.05, 4.69) is 10.4 Å². The molecule has 18 heavy (non-hydrogen) atoms. The Kier molecular flexibility index (Phi) is 5.24. The Morgan fingerprint density at radius 2 is 2.06 bits per heavy atom. The van der Waals surface area contributed by atoms with E-state index >= 15 is 0 Å². The minimum absolute atomic E-state index is 0.0331. The van der Waals surface area contributed by atoms with Gasteiger partial charge in [0.25, 0.3) is 0 Å². The van der Waals surface area contributed by atoms with E-state index in [0.29, 0.717) is 16.6 Å². The van der Waals surface area contributed by atoms with Crippen molar-refractivity contribution in [1.29, 1.82) is 0 Å². The summed E-state index contributed by atoms with van der Waals surface area (Å²) in [6.45, 7) is 3.60. The van der Waals surface area contributed by atoms with Gasteiger partial charge in [-0.3, -0.25) is 0 Å². The Morgan fingerprint density at radius 3 is 2.72 bits per heavy atom. The molecular weight excluding hydrogens is 273 g/mol. The number of hydrazine groups is 1. The van der Waals surface area contributed by atoms with E-state index in [1.165, 1.54) is 0 Å². The maximum absolute atomic E-state index is 6.19. The molecule has 0 aliphatic carbocycles. The fraction of sp³-hybridized carbons (Fsp3) is 0.500. The van der Waals surface area contributed by atoms with E-state index in [9.17, 15) is 0 Å². The SMILES string of the molecule is NCC(NN1CCOCC1)c1cc(Cl)ccc1Cl. The van der Waals surface area contributed by atoms with Crippen LogP contribution in [0.5, 0.6) is 0 Å². The third kappa shape index (κ3) is 3.57. The van der Waals surface area contributed by atoms with Crippen LogP contribution in [0.4, 0.5) is 0 Å². The molecule has 2 rings (SSSR count). The number of halogens is 2. The lowest BCUT2D eigenvalue weighted by Gasteiger charge is -2.31. The summed E-state index contributed by atoms with van der Waals surface area (Å²) in [4.78, 5) is 0. The van der Waals surface area contributed by atoms with Crippen molar-refractivity contribution in [3.8, 4) is 0 Å². The highest BCUT2D eigenvalue weighted by atomic mass is 35.5. The van der Waals surface area contributed by atoms with Gasteiger partial charge < -0.3 is 10.5 Å². The Bertz CT molecular complexity index is 397. The molecular formula is C12H17Cl2N3O. The fourth-order valence-electron chi connectivity index (χ4n) is 1.94. The number of hydrogen-bond acceptors (Lipinski definition) is 4. The second-order valence-corrected chi connectivity index (χ2v) is 5.03. The predicted octanol–water partition coefficient (Wildman–Crippen LogP) is 1.83. The number of nitrogens with two attached hydrogens (primary N) is 1. The first-order valence-corrected chi connectivity index (χ1v) is 6.70. The van der Waals surface area contributed by atoms with Gasteiger partial charge in [-0.25, -0.2) is 10.4 Å². The molecule has 1 aliphatic heterocycles. The Morgan fingerprint density at radius 1 is 1.33 bits per heavy atom. The Balaban J connectivity index is 2.09. The molecule has 0 amide bonds. The normalized spacial score (nSPS) is 18.8. The largest absolute Gasteiger partial charge is 0.379 e. The topological polar surface area (TPSA) is 50.5 Å². The van der Waals surface area contributed by atoms with Crippen molar-refractivity contribution in [3.63, 3.8) is 0 Å². The summed E-state index contributed by atoms with van der Waals surface area (Å²) >= 11 is 12.2. The highest BCUT2D eigenvalue weighted by Crippen LogP contribution is 2.26. The van der Waals surface area contributed by atoms with Crippen LogP contribution in [0.1, 0.15) is 11.6 Å². The lowest BCUT2D eigenvalue weighted by atomic mass is 10.1. The summed E-state index contributed by atoms with van der Waals surface area (Å²) in [6.07, 6.45) is 0. The van der Waals surface area contributed by atoms with E-state index in [0.717, 1.165) is 31.9 Å². The van der Waals surface area contributed by atoms with Crippen molar-refractivity contribution in [1.82, 2.24) is 10.4 Å². The van der Waals surface area contributed by atoms with Gasteiger partial charge >= 0.3 is 0 Å². The van der Waals surface area contributed by atoms with Crippen LogP contribution in [-0.4, -0.2) is 37.9 Å². The molecule has 3 N–H and O–H groups in total. The van der Waals surface area contributed by atoms with Crippen molar-refractivity contribution in [2.75, 3.05) is 32.8 Å². The molecule has 1 heterocycles. The molecule has 0 spiro atoms. The van der Waals surface area contributed by atoms with E-state index in [1.807, 2.05) is 6.07 Å². The van der Waals surface area contributed by atoms with Gasteiger partial charge in [0.2, 0.25) is 0 Å². The van der Waals surface area contributed by atoms with Crippen molar-refractivity contribution >= 4 is 23.2 Å². The molecule has 1 saturated heterocycles. The first-order valence-electron chi connectivity index (χ1n) is 5.94. The zero-order chi connectivity index (χ0) is 13.0. The van der Waals surface area contributed by atoms with Gasteiger partial charge in [-0.1, -0.05) is 23.2 Å². The quantitative estimate of drug-likeness (QED) is 0.888. The molecule has 0 aromatic heterocycles. The Labute approximate surface area is 117 Å². The summed E-state index contributed by atoms with van der Waals surface area (Å²) in [5.74, 6) is 0. The number of morpholine rings is 1. The molecule has 4 nitrogen and oxygen atoms in total. The second kappa shape index (κ2) is 6.70. The Hall–Kier alpha value is -0.360. The van der Waals surface area contributed by atoms with Gasteiger partial charge in [-0.15, -0.1) is 0 Å². The molecule has 0 saturated carbocycles. The molecule has 1 unspecified atom stereocenters. The van der Waals surface area contributed by atoms with E-state index in [1.54, 1.807) is 12.1 Å². The zero-order valence-electron chi connectivity index (χ0n) is 10.0. The summed E-state index contributed by atoms with van der Waals surface area (Å²) in [6, 6.07) is 5.39. The first kappa shape index (κ1) is 14.1. The third-order valence-electron chi connectivity index (χ3n) is 2.92. The molecule has 0 bridgehead atoms. The van der Waals surface area contributed by atoms with Crippen LogP contribution in [0.2, 0.25) is 10.0 Å². The van der Waals surface area contributed by atoms with Gasteiger partial charge in [-0.05, 0) is 23.8 Å². The van der Waals surface area contributed by atoms with Crippen molar-refractivity contribution in [3.05, 3.63) is 33.8 Å². The maximum atomic E-state index is 6.19.